The minimum absolute atomic E-state index is 0.0359. The molecule has 0 aromatic heterocycles. The summed E-state index contributed by atoms with van der Waals surface area (Å²) in [5.41, 5.74) is 0.306. The highest BCUT2D eigenvalue weighted by Gasteiger charge is 2.33. The molecule has 0 spiro atoms. The maximum atomic E-state index is 12.6. The first kappa shape index (κ1) is 19.3. The van der Waals surface area contributed by atoms with Crippen molar-refractivity contribution in [1.82, 2.24) is 9.80 Å². The summed E-state index contributed by atoms with van der Waals surface area (Å²) in [6, 6.07) is 8.20. The van der Waals surface area contributed by atoms with Crippen LogP contribution in [0.2, 0.25) is 0 Å². The summed E-state index contributed by atoms with van der Waals surface area (Å²) in [6.45, 7) is 1.04. The van der Waals surface area contributed by atoms with Crippen molar-refractivity contribution in [1.29, 1.82) is 0 Å². The molecule has 1 unspecified atom stereocenters. The molecule has 26 heavy (non-hydrogen) atoms. The summed E-state index contributed by atoms with van der Waals surface area (Å²) in [6.07, 6.45) is -0.152. The number of amides is 2. The summed E-state index contributed by atoms with van der Waals surface area (Å²) in [7, 11) is 2.47. The Hall–Kier alpha value is -3.01. The molecule has 10 heteroatoms. The van der Waals surface area contributed by atoms with Crippen LogP contribution in [0.15, 0.2) is 35.4 Å². The van der Waals surface area contributed by atoms with Crippen molar-refractivity contribution < 1.29 is 24.1 Å². The fourth-order valence-corrected chi connectivity index (χ4v) is 2.57. The molecule has 2 amide bonds. The highest BCUT2D eigenvalue weighted by atomic mass is 16.7. The summed E-state index contributed by atoms with van der Waals surface area (Å²) >= 11 is 0. The van der Waals surface area contributed by atoms with Crippen LogP contribution in [0.25, 0.3) is 0 Å². The van der Waals surface area contributed by atoms with Gasteiger partial charge in [-0.15, -0.1) is 0 Å². The molecule has 1 atom stereocenters. The number of rotatable bonds is 4. The number of hydrazone groups is 1. The molecule has 0 N–H and O–H groups in total. The van der Waals surface area contributed by atoms with E-state index in [1.165, 1.54) is 7.05 Å². The van der Waals surface area contributed by atoms with Gasteiger partial charge in [0, 0.05) is 31.7 Å². The van der Waals surface area contributed by atoms with E-state index in [2.05, 4.69) is 5.10 Å². The number of nitro groups is 1. The van der Waals surface area contributed by atoms with Crippen LogP contribution in [0, 0.1) is 16.0 Å². The number of benzene rings is 1. The predicted molar refractivity (Wildman–Crippen MR) is 91.0 cm³/mol. The Morgan fingerprint density at radius 1 is 1.38 bits per heavy atom. The molecule has 1 aromatic rings. The molecule has 140 valence electrons. The lowest BCUT2D eigenvalue weighted by molar-refractivity contribution is -0.486. The van der Waals surface area contributed by atoms with Crippen molar-refractivity contribution >= 4 is 18.0 Å². The number of methoxy groups -OCH3 is 1. The van der Waals surface area contributed by atoms with Crippen LogP contribution in [0.1, 0.15) is 16.8 Å². The van der Waals surface area contributed by atoms with Gasteiger partial charge < -0.3 is 9.47 Å². The summed E-state index contributed by atoms with van der Waals surface area (Å²) in [4.78, 5) is 37.8. The van der Waals surface area contributed by atoms with Crippen LogP contribution in [0.5, 0.6) is 0 Å². The molecule has 1 heterocycles. The second kappa shape index (κ2) is 8.90. The molecule has 0 bridgehead atoms. The normalized spacial score (nSPS) is 16.8. The molecular weight excluding hydrogens is 344 g/mol. The smallest absolute Gasteiger partial charge is 0.416 e. The van der Waals surface area contributed by atoms with Gasteiger partial charge >= 0.3 is 6.09 Å². The molecule has 1 aliphatic rings. The van der Waals surface area contributed by atoms with Gasteiger partial charge in [0.1, 0.15) is 5.10 Å². The number of ether oxygens (including phenoxy) is 2. The third-order valence-electron chi connectivity index (χ3n) is 3.90. The Labute approximate surface area is 150 Å². The first-order valence-electron chi connectivity index (χ1n) is 7.93. The van der Waals surface area contributed by atoms with Gasteiger partial charge in [0.2, 0.25) is 0 Å². The summed E-state index contributed by atoms with van der Waals surface area (Å²) in [5.74, 6) is -0.989. The van der Waals surface area contributed by atoms with E-state index in [1.54, 1.807) is 30.3 Å². The molecule has 0 saturated carbocycles. The molecule has 10 nitrogen and oxygen atoms in total. The van der Waals surface area contributed by atoms with E-state index in [9.17, 15) is 19.7 Å². The van der Waals surface area contributed by atoms with E-state index in [4.69, 9.17) is 9.47 Å². The first-order chi connectivity index (χ1) is 12.4. The molecule has 1 saturated heterocycles. The Morgan fingerprint density at radius 3 is 2.62 bits per heavy atom. The van der Waals surface area contributed by atoms with Crippen molar-refractivity contribution in [2.45, 2.75) is 6.42 Å². The molecule has 0 aliphatic carbocycles. The zero-order chi connectivity index (χ0) is 19.1. The maximum Gasteiger partial charge on any atom is 0.416 e. The van der Waals surface area contributed by atoms with Gasteiger partial charge in [-0.1, -0.05) is 18.2 Å². The Bertz CT molecular complexity index is 687. The molecular formula is C16H20N4O6. The highest BCUT2D eigenvalue weighted by molar-refractivity contribution is 6.08. The minimum atomic E-state index is -0.953. The average molecular weight is 364 g/mol. The number of carbonyl (C=O) groups is 2. The van der Waals surface area contributed by atoms with Crippen LogP contribution in [0.4, 0.5) is 4.79 Å². The van der Waals surface area contributed by atoms with E-state index >= 15 is 0 Å². The molecule has 1 aliphatic heterocycles. The van der Waals surface area contributed by atoms with Crippen LogP contribution in [0.3, 0.4) is 0 Å². The van der Waals surface area contributed by atoms with Gasteiger partial charge in [0.25, 0.3) is 11.9 Å². The second-order valence-corrected chi connectivity index (χ2v) is 5.68. The molecule has 2 rings (SSSR count). The predicted octanol–water partition coefficient (Wildman–Crippen LogP) is 1.41. The Kier molecular flexibility index (Phi) is 6.61. The lowest BCUT2D eigenvalue weighted by Gasteiger charge is -2.28. The highest BCUT2D eigenvalue weighted by Crippen LogP contribution is 2.16. The molecule has 1 aromatic carbocycles. The quantitative estimate of drug-likeness (QED) is 0.345. The fourth-order valence-electron chi connectivity index (χ4n) is 2.57. The average Bonchev–Trinajstić information content (AvgIpc) is 3.16. The van der Waals surface area contributed by atoms with E-state index in [1.807, 2.05) is 0 Å². The van der Waals surface area contributed by atoms with Crippen LogP contribution in [-0.4, -0.2) is 66.7 Å². The lowest BCUT2D eigenvalue weighted by atomic mass is 10.1. The second-order valence-electron chi connectivity index (χ2n) is 5.68. The van der Waals surface area contributed by atoms with Gasteiger partial charge in [-0.2, -0.15) is 0 Å². The Morgan fingerprint density at radius 2 is 2.08 bits per heavy atom. The standard InChI is InChI=1S/C16H20N4O6/c1-18(14(21)13-6-4-3-5-7-13)15(17-20(23)24)19(16(22)25-2)10-12-8-9-26-11-12/h3-7,12H,8-11H2,1-2H3/b17-15+. The monoisotopic (exact) mass is 364 g/mol. The van der Waals surface area contributed by atoms with Gasteiger partial charge in [0.15, 0.2) is 5.03 Å². The Balaban J connectivity index is 2.34. The number of nitrogens with zero attached hydrogens (tertiary/aromatic N) is 4. The van der Waals surface area contributed by atoms with Crippen molar-refractivity contribution in [3.63, 3.8) is 0 Å². The fraction of sp³-hybridized carbons (Fsp3) is 0.438. The van der Waals surface area contributed by atoms with Crippen LogP contribution < -0.4 is 0 Å². The lowest BCUT2D eigenvalue weighted by Crippen LogP contribution is -2.50. The first-order valence-corrected chi connectivity index (χ1v) is 7.93. The minimum Gasteiger partial charge on any atom is -0.452 e. The van der Waals surface area contributed by atoms with Gasteiger partial charge in [-0.25, -0.2) is 19.8 Å². The number of carbonyl (C=O) groups excluding carboxylic acids is 2. The molecule has 1 fully saturated rings. The van der Waals surface area contributed by atoms with Crippen molar-refractivity contribution in [2.24, 2.45) is 11.0 Å². The number of hydrogen-bond donors (Lipinski definition) is 0. The largest absolute Gasteiger partial charge is 0.452 e. The van der Waals surface area contributed by atoms with Gasteiger partial charge in [-0.05, 0) is 18.6 Å². The van der Waals surface area contributed by atoms with Crippen molar-refractivity contribution in [2.75, 3.05) is 33.9 Å². The summed E-state index contributed by atoms with van der Waals surface area (Å²) in [5, 5.41) is 13.3. The number of hydrogen-bond acceptors (Lipinski definition) is 6. The van der Waals surface area contributed by atoms with Gasteiger partial charge in [0.05, 0.1) is 13.7 Å². The van der Waals surface area contributed by atoms with Crippen molar-refractivity contribution in [3.05, 3.63) is 46.0 Å². The topological polar surface area (TPSA) is 115 Å². The van der Waals surface area contributed by atoms with E-state index < -0.39 is 23.0 Å². The van der Waals surface area contributed by atoms with Gasteiger partial charge in [-0.3, -0.25) is 9.69 Å². The van der Waals surface area contributed by atoms with E-state index in [0.29, 0.717) is 25.2 Å². The van der Waals surface area contributed by atoms with E-state index in [-0.39, 0.29) is 12.5 Å². The third kappa shape index (κ3) is 4.76. The SMILES string of the molecule is COC(=O)N(CC1CCOC1)/C(=N/[N+](=O)[O-])N(C)C(=O)c1ccccc1. The molecule has 0 radical (unpaired) electrons. The van der Waals surface area contributed by atoms with Crippen molar-refractivity contribution in [3.8, 4) is 0 Å². The maximum absolute atomic E-state index is 12.6. The van der Waals surface area contributed by atoms with Crippen LogP contribution in [-0.2, 0) is 9.47 Å². The third-order valence-corrected chi connectivity index (χ3v) is 3.90. The zero-order valence-corrected chi connectivity index (χ0v) is 14.5. The summed E-state index contributed by atoms with van der Waals surface area (Å²) < 4.78 is 10.0. The van der Waals surface area contributed by atoms with E-state index in [0.717, 1.165) is 16.9 Å². The number of guanidine groups is 1. The zero-order valence-electron chi connectivity index (χ0n) is 14.5. The van der Waals surface area contributed by atoms with Crippen LogP contribution >= 0.6 is 0 Å².